The molecule has 0 bridgehead atoms. The van der Waals surface area contributed by atoms with E-state index in [4.69, 9.17) is 16.0 Å². The SMILES string of the molecule is Cc1nn(CC(=O)Nc2nn(Cc3ccc(Cl)cc3)cc2Br)c2nc(-c3ccco3)cc(C(F)F)c12. The van der Waals surface area contributed by atoms with Crippen molar-refractivity contribution in [2.75, 3.05) is 5.32 Å². The molecule has 0 atom stereocenters. The van der Waals surface area contributed by atoms with Gasteiger partial charge in [0.2, 0.25) is 5.91 Å². The van der Waals surface area contributed by atoms with Gasteiger partial charge in [-0.2, -0.15) is 10.2 Å². The van der Waals surface area contributed by atoms with Crippen LogP contribution in [0.25, 0.3) is 22.5 Å². The first-order chi connectivity index (χ1) is 17.3. The molecule has 0 aliphatic carbocycles. The second-order valence-corrected chi connectivity index (χ2v) is 9.31. The van der Waals surface area contributed by atoms with Crippen LogP contribution in [-0.4, -0.2) is 30.5 Å². The minimum Gasteiger partial charge on any atom is -0.463 e. The minimum absolute atomic E-state index is 0.166. The number of anilines is 1. The topological polar surface area (TPSA) is 90.8 Å². The van der Waals surface area contributed by atoms with Crippen LogP contribution in [0.3, 0.4) is 0 Å². The van der Waals surface area contributed by atoms with Crippen LogP contribution in [0.2, 0.25) is 5.02 Å². The molecule has 1 amide bonds. The summed E-state index contributed by atoms with van der Waals surface area (Å²) in [6, 6.07) is 11.9. The molecule has 0 aliphatic heterocycles. The second kappa shape index (κ2) is 9.82. The number of nitrogens with zero attached hydrogens (tertiary/aromatic N) is 5. The Kier molecular flexibility index (Phi) is 6.59. The van der Waals surface area contributed by atoms with Gasteiger partial charge >= 0.3 is 0 Å². The van der Waals surface area contributed by atoms with Crippen LogP contribution in [0, 0.1) is 6.92 Å². The number of aromatic nitrogens is 5. The van der Waals surface area contributed by atoms with Crippen LogP contribution in [-0.2, 0) is 17.9 Å². The number of nitrogens with one attached hydrogen (secondary N) is 1. The van der Waals surface area contributed by atoms with Crippen molar-refractivity contribution in [1.29, 1.82) is 0 Å². The number of pyridine rings is 1. The van der Waals surface area contributed by atoms with Crippen LogP contribution in [0.1, 0.15) is 23.2 Å². The average Bonchev–Trinajstić information content (AvgIpc) is 3.56. The van der Waals surface area contributed by atoms with E-state index in [1.807, 2.05) is 12.1 Å². The lowest BCUT2D eigenvalue weighted by Crippen LogP contribution is -2.20. The van der Waals surface area contributed by atoms with E-state index < -0.39 is 12.3 Å². The van der Waals surface area contributed by atoms with Crippen molar-refractivity contribution >= 4 is 50.3 Å². The lowest BCUT2D eigenvalue weighted by Gasteiger charge is -2.08. The van der Waals surface area contributed by atoms with Gasteiger partial charge in [0.1, 0.15) is 12.2 Å². The van der Waals surface area contributed by atoms with Gasteiger partial charge in [0.05, 0.1) is 28.4 Å². The molecular formula is C24H18BrClF2N6O2. The van der Waals surface area contributed by atoms with Gasteiger partial charge < -0.3 is 9.73 Å². The predicted octanol–water partition coefficient (Wildman–Crippen LogP) is 6.24. The number of hydrogen-bond acceptors (Lipinski definition) is 5. The molecule has 5 rings (SSSR count). The van der Waals surface area contributed by atoms with E-state index in [0.717, 1.165) is 5.56 Å². The molecular weight excluding hydrogens is 558 g/mol. The highest BCUT2D eigenvalue weighted by Crippen LogP contribution is 2.33. The molecule has 1 aromatic carbocycles. The van der Waals surface area contributed by atoms with Crippen molar-refractivity contribution < 1.29 is 18.0 Å². The zero-order valence-electron chi connectivity index (χ0n) is 18.8. The molecule has 36 heavy (non-hydrogen) atoms. The van der Waals surface area contributed by atoms with Crippen LogP contribution < -0.4 is 5.32 Å². The zero-order valence-corrected chi connectivity index (χ0v) is 21.1. The van der Waals surface area contributed by atoms with Gasteiger partial charge in [-0.05, 0) is 58.7 Å². The smallest absolute Gasteiger partial charge is 0.264 e. The van der Waals surface area contributed by atoms with Crippen molar-refractivity contribution in [3.8, 4) is 11.5 Å². The number of furan rings is 1. The summed E-state index contributed by atoms with van der Waals surface area (Å²) >= 11 is 9.34. The summed E-state index contributed by atoms with van der Waals surface area (Å²) in [5.74, 6) is 0.212. The molecule has 1 N–H and O–H groups in total. The van der Waals surface area contributed by atoms with Crippen LogP contribution in [0.15, 0.2) is 63.8 Å². The summed E-state index contributed by atoms with van der Waals surface area (Å²) in [6.45, 7) is 1.83. The average molecular weight is 576 g/mol. The third-order valence-electron chi connectivity index (χ3n) is 5.44. The monoisotopic (exact) mass is 574 g/mol. The van der Waals surface area contributed by atoms with Gasteiger partial charge in [0, 0.05) is 16.8 Å². The summed E-state index contributed by atoms with van der Waals surface area (Å²) in [5, 5.41) is 12.3. The van der Waals surface area contributed by atoms with E-state index in [1.54, 1.807) is 42.1 Å². The molecule has 5 aromatic rings. The number of rotatable bonds is 7. The van der Waals surface area contributed by atoms with Crippen LogP contribution in [0.4, 0.5) is 14.6 Å². The molecule has 4 aromatic heterocycles. The molecule has 184 valence electrons. The first kappa shape index (κ1) is 24.1. The number of carbonyl (C=O) groups is 1. The standard InChI is InChI=1S/C24H18BrClF2N6O2/c1-13-21-16(22(27)28)9-18(19-3-2-8-36-19)29-24(21)34(31-13)12-20(35)30-23-17(25)11-33(32-23)10-14-4-6-15(26)7-5-14/h2-9,11,22H,10,12H2,1H3,(H,30,32,35). The summed E-state index contributed by atoms with van der Waals surface area (Å²) in [4.78, 5) is 17.3. The van der Waals surface area contributed by atoms with E-state index in [-0.39, 0.29) is 28.8 Å². The lowest BCUT2D eigenvalue weighted by atomic mass is 10.1. The van der Waals surface area contributed by atoms with Crippen molar-refractivity contribution in [2.24, 2.45) is 0 Å². The van der Waals surface area contributed by atoms with Crippen molar-refractivity contribution in [1.82, 2.24) is 24.5 Å². The van der Waals surface area contributed by atoms with E-state index in [0.29, 0.717) is 33.3 Å². The minimum atomic E-state index is -2.75. The van der Waals surface area contributed by atoms with Gasteiger partial charge in [0.25, 0.3) is 6.43 Å². The summed E-state index contributed by atoms with van der Waals surface area (Å²) in [6.07, 6.45) is 0.419. The first-order valence-electron chi connectivity index (χ1n) is 10.8. The van der Waals surface area contributed by atoms with E-state index in [1.165, 1.54) is 17.0 Å². The number of fused-ring (bicyclic) bond motifs is 1. The third-order valence-corrected chi connectivity index (χ3v) is 6.27. The molecule has 4 heterocycles. The summed E-state index contributed by atoms with van der Waals surface area (Å²) in [7, 11) is 0. The fourth-order valence-corrected chi connectivity index (χ4v) is 4.41. The lowest BCUT2D eigenvalue weighted by molar-refractivity contribution is -0.116. The van der Waals surface area contributed by atoms with Crippen molar-refractivity contribution in [3.63, 3.8) is 0 Å². The molecule has 0 spiro atoms. The number of halogens is 4. The maximum Gasteiger partial charge on any atom is 0.264 e. The Labute approximate surface area is 217 Å². The largest absolute Gasteiger partial charge is 0.463 e. The Morgan fingerprint density at radius 1 is 1.22 bits per heavy atom. The number of alkyl halides is 2. The van der Waals surface area contributed by atoms with Gasteiger partial charge in [-0.25, -0.2) is 18.4 Å². The maximum atomic E-state index is 13.9. The Morgan fingerprint density at radius 2 is 2.00 bits per heavy atom. The molecule has 0 aliphatic rings. The molecule has 0 fully saturated rings. The Hall–Kier alpha value is -3.57. The normalized spacial score (nSPS) is 11.5. The molecule has 0 saturated heterocycles. The predicted molar refractivity (Wildman–Crippen MR) is 134 cm³/mol. The summed E-state index contributed by atoms with van der Waals surface area (Å²) in [5.41, 5.74) is 1.51. The molecule has 8 nitrogen and oxygen atoms in total. The molecule has 12 heteroatoms. The van der Waals surface area contributed by atoms with E-state index >= 15 is 0 Å². The number of aryl methyl sites for hydroxylation is 1. The number of amides is 1. The highest BCUT2D eigenvalue weighted by atomic mass is 79.9. The highest BCUT2D eigenvalue weighted by molar-refractivity contribution is 9.10. The summed E-state index contributed by atoms with van der Waals surface area (Å²) < 4.78 is 36.7. The number of benzene rings is 1. The van der Waals surface area contributed by atoms with Gasteiger partial charge in [-0.3, -0.25) is 9.48 Å². The van der Waals surface area contributed by atoms with Gasteiger partial charge in [-0.15, -0.1) is 0 Å². The highest BCUT2D eigenvalue weighted by Gasteiger charge is 2.23. The van der Waals surface area contributed by atoms with Crippen molar-refractivity contribution in [2.45, 2.75) is 26.4 Å². The Morgan fingerprint density at radius 3 is 2.69 bits per heavy atom. The quantitative estimate of drug-likeness (QED) is 0.248. The zero-order chi connectivity index (χ0) is 25.4. The van der Waals surface area contributed by atoms with E-state index in [9.17, 15) is 13.6 Å². The molecule has 0 radical (unpaired) electrons. The van der Waals surface area contributed by atoms with Crippen molar-refractivity contribution in [3.05, 3.63) is 81.2 Å². The molecule has 0 unspecified atom stereocenters. The van der Waals surface area contributed by atoms with Gasteiger partial charge in [0.15, 0.2) is 17.2 Å². The second-order valence-electron chi connectivity index (χ2n) is 8.01. The Bertz CT molecular complexity index is 1550. The number of carbonyl (C=O) groups excluding carboxylic acids is 1. The van der Waals surface area contributed by atoms with Crippen LogP contribution in [0.5, 0.6) is 0 Å². The molecule has 0 saturated carbocycles. The maximum absolute atomic E-state index is 13.9. The van der Waals surface area contributed by atoms with Gasteiger partial charge in [-0.1, -0.05) is 23.7 Å². The van der Waals surface area contributed by atoms with Crippen LogP contribution >= 0.6 is 27.5 Å². The first-order valence-corrected chi connectivity index (χ1v) is 11.9. The fraction of sp³-hybridized carbons (Fsp3) is 0.167. The number of hydrogen-bond donors (Lipinski definition) is 1. The van der Waals surface area contributed by atoms with E-state index in [2.05, 4.69) is 36.4 Å². The Balaban J connectivity index is 1.40. The fourth-order valence-electron chi connectivity index (χ4n) is 3.87. The third kappa shape index (κ3) is 4.89.